The summed E-state index contributed by atoms with van der Waals surface area (Å²) in [6.07, 6.45) is 1.64. The van der Waals surface area contributed by atoms with Crippen molar-refractivity contribution in [1.82, 2.24) is 0 Å². The Balaban J connectivity index is 2.02. The maximum Gasteiger partial charge on any atom is 0.128 e. The third-order valence-corrected chi connectivity index (χ3v) is 4.46. The number of hydrogen-bond donors (Lipinski definition) is 1. The minimum atomic E-state index is -1.02. The van der Waals surface area contributed by atoms with Crippen LogP contribution in [-0.4, -0.2) is 5.11 Å². The van der Waals surface area contributed by atoms with Crippen LogP contribution in [0.15, 0.2) is 36.4 Å². The Bertz CT molecular complexity index is 648. The van der Waals surface area contributed by atoms with E-state index in [1.807, 2.05) is 25.1 Å². The van der Waals surface area contributed by atoms with Crippen LogP contribution in [0.25, 0.3) is 0 Å². The number of aliphatic hydroxyl groups is 1. The van der Waals surface area contributed by atoms with Gasteiger partial charge >= 0.3 is 0 Å². The molecule has 0 saturated carbocycles. The lowest BCUT2D eigenvalue weighted by molar-refractivity contribution is 0.0381. The number of aryl methyl sites for hydroxylation is 2. The fourth-order valence-corrected chi connectivity index (χ4v) is 3.22. The van der Waals surface area contributed by atoms with Gasteiger partial charge in [-0.25, -0.2) is 4.39 Å². The molecule has 2 aromatic carbocycles. The van der Waals surface area contributed by atoms with Crippen LogP contribution in [0.1, 0.15) is 28.7 Å². The predicted molar refractivity (Wildman–Crippen MR) is 78.5 cm³/mol. The molecule has 0 spiro atoms. The zero-order chi connectivity index (χ0) is 14.3. The van der Waals surface area contributed by atoms with Gasteiger partial charge in [-0.15, -0.1) is 0 Å². The molecule has 0 aromatic heterocycles. The van der Waals surface area contributed by atoms with Crippen molar-refractivity contribution >= 4 is 11.6 Å². The predicted octanol–water partition coefficient (Wildman–Crippen LogP) is 4.16. The van der Waals surface area contributed by atoms with Gasteiger partial charge in [-0.2, -0.15) is 0 Å². The van der Waals surface area contributed by atoms with Gasteiger partial charge in [0.15, 0.2) is 0 Å². The first-order chi connectivity index (χ1) is 9.49. The van der Waals surface area contributed by atoms with Crippen LogP contribution in [0, 0.1) is 12.7 Å². The fraction of sp³-hybridized carbons (Fsp3) is 0.294. The average molecular weight is 291 g/mol. The lowest BCUT2D eigenvalue weighted by atomic mass is 9.88. The molecule has 0 aliphatic heterocycles. The third kappa shape index (κ3) is 2.23. The first-order valence-electron chi connectivity index (χ1n) is 6.75. The Kier molecular flexibility index (Phi) is 3.31. The second-order valence-corrected chi connectivity index (χ2v) is 5.98. The molecule has 0 radical (unpaired) electrons. The van der Waals surface area contributed by atoms with Crippen molar-refractivity contribution in [3.8, 4) is 0 Å². The zero-order valence-corrected chi connectivity index (χ0v) is 12.0. The van der Waals surface area contributed by atoms with Crippen LogP contribution in [0.2, 0.25) is 5.02 Å². The van der Waals surface area contributed by atoms with Gasteiger partial charge in [-0.3, -0.25) is 0 Å². The van der Waals surface area contributed by atoms with Crippen LogP contribution < -0.4 is 0 Å². The van der Waals surface area contributed by atoms with E-state index in [2.05, 4.69) is 0 Å². The van der Waals surface area contributed by atoms with Crippen molar-refractivity contribution in [2.45, 2.75) is 31.8 Å². The first kappa shape index (κ1) is 13.6. The highest BCUT2D eigenvalue weighted by Crippen LogP contribution is 2.41. The Morgan fingerprint density at radius 2 is 2.10 bits per heavy atom. The van der Waals surface area contributed by atoms with Crippen molar-refractivity contribution in [1.29, 1.82) is 0 Å². The quantitative estimate of drug-likeness (QED) is 0.880. The molecule has 1 unspecified atom stereocenters. The van der Waals surface area contributed by atoms with E-state index in [9.17, 15) is 9.50 Å². The third-order valence-electron chi connectivity index (χ3n) is 4.11. The largest absolute Gasteiger partial charge is 0.385 e. The van der Waals surface area contributed by atoms with Crippen molar-refractivity contribution in [3.63, 3.8) is 0 Å². The monoisotopic (exact) mass is 290 g/mol. The second-order valence-electron chi connectivity index (χ2n) is 5.57. The molecular weight excluding hydrogens is 275 g/mol. The summed E-state index contributed by atoms with van der Waals surface area (Å²) in [5.74, 6) is -0.355. The van der Waals surface area contributed by atoms with E-state index >= 15 is 0 Å². The number of halogens is 2. The molecule has 1 N–H and O–H groups in total. The summed E-state index contributed by atoms with van der Waals surface area (Å²) in [6, 6.07) is 10.7. The number of rotatable bonds is 2. The molecular formula is C17H16ClFO. The van der Waals surface area contributed by atoms with E-state index in [0.29, 0.717) is 17.0 Å². The van der Waals surface area contributed by atoms with E-state index in [0.717, 1.165) is 23.1 Å². The van der Waals surface area contributed by atoms with Gasteiger partial charge in [0.25, 0.3) is 0 Å². The summed E-state index contributed by atoms with van der Waals surface area (Å²) in [5.41, 5.74) is 2.53. The summed E-state index contributed by atoms with van der Waals surface area (Å²) in [7, 11) is 0. The summed E-state index contributed by atoms with van der Waals surface area (Å²) in [4.78, 5) is 0. The minimum absolute atomic E-state index is 0.217. The Morgan fingerprint density at radius 1 is 1.30 bits per heavy atom. The Hall–Kier alpha value is -1.38. The second kappa shape index (κ2) is 4.87. The maximum atomic E-state index is 13.9. The summed E-state index contributed by atoms with van der Waals surface area (Å²) < 4.78 is 13.9. The number of hydrogen-bond acceptors (Lipinski definition) is 1. The van der Waals surface area contributed by atoms with Crippen molar-refractivity contribution in [2.24, 2.45) is 0 Å². The topological polar surface area (TPSA) is 20.2 Å². The van der Waals surface area contributed by atoms with Crippen LogP contribution in [0.3, 0.4) is 0 Å². The van der Waals surface area contributed by atoms with E-state index in [1.165, 1.54) is 6.07 Å². The van der Waals surface area contributed by atoms with Crippen LogP contribution >= 0.6 is 11.6 Å². The normalized spacial score (nSPS) is 21.0. The van der Waals surface area contributed by atoms with E-state index in [1.54, 1.807) is 12.1 Å². The molecule has 3 heteroatoms. The van der Waals surface area contributed by atoms with Gasteiger partial charge < -0.3 is 5.11 Å². The summed E-state index contributed by atoms with van der Waals surface area (Å²) >= 11 is 6.08. The van der Waals surface area contributed by atoms with Gasteiger partial charge in [-0.1, -0.05) is 41.4 Å². The molecule has 3 rings (SSSR count). The molecule has 2 aromatic rings. The maximum absolute atomic E-state index is 13.9. The van der Waals surface area contributed by atoms with Gasteiger partial charge in [0.2, 0.25) is 0 Å². The standard InChI is InChI=1S/C17H16ClFO/c1-11-5-6-12-7-8-17(20,14(12)9-11)10-13-15(18)3-2-4-16(13)19/h2-6,9,20H,7-8,10H2,1H3. The zero-order valence-electron chi connectivity index (χ0n) is 11.3. The SMILES string of the molecule is Cc1ccc2c(c1)C(O)(Cc1c(F)cccc1Cl)CC2. The Labute approximate surface area is 123 Å². The van der Waals surface area contributed by atoms with Gasteiger partial charge in [0.1, 0.15) is 5.82 Å². The number of fused-ring (bicyclic) bond motifs is 1. The van der Waals surface area contributed by atoms with Crippen molar-refractivity contribution < 1.29 is 9.50 Å². The molecule has 104 valence electrons. The number of benzene rings is 2. The smallest absolute Gasteiger partial charge is 0.128 e. The highest BCUT2D eigenvalue weighted by molar-refractivity contribution is 6.31. The van der Waals surface area contributed by atoms with E-state index in [4.69, 9.17) is 11.6 Å². The molecule has 20 heavy (non-hydrogen) atoms. The molecule has 0 fully saturated rings. The van der Waals surface area contributed by atoms with E-state index < -0.39 is 5.60 Å². The van der Waals surface area contributed by atoms with Crippen LogP contribution in [-0.2, 0) is 18.4 Å². The fourth-order valence-electron chi connectivity index (χ4n) is 2.99. The van der Waals surface area contributed by atoms with Crippen LogP contribution in [0.5, 0.6) is 0 Å². The van der Waals surface area contributed by atoms with Gasteiger partial charge in [0.05, 0.1) is 5.60 Å². The summed E-state index contributed by atoms with van der Waals surface area (Å²) in [6.45, 7) is 2.00. The molecule has 1 aliphatic rings. The summed E-state index contributed by atoms with van der Waals surface area (Å²) in [5, 5.41) is 11.3. The van der Waals surface area contributed by atoms with Gasteiger partial charge in [-0.05, 0) is 43.0 Å². The molecule has 0 heterocycles. The lowest BCUT2D eigenvalue weighted by Gasteiger charge is -2.25. The Morgan fingerprint density at radius 3 is 2.85 bits per heavy atom. The first-order valence-corrected chi connectivity index (χ1v) is 7.13. The highest BCUT2D eigenvalue weighted by atomic mass is 35.5. The van der Waals surface area contributed by atoms with Crippen molar-refractivity contribution in [2.75, 3.05) is 0 Å². The van der Waals surface area contributed by atoms with Crippen molar-refractivity contribution in [3.05, 3.63) is 69.5 Å². The molecule has 1 aliphatic carbocycles. The molecule has 0 amide bonds. The van der Waals surface area contributed by atoms with Gasteiger partial charge in [0, 0.05) is 17.0 Å². The van der Waals surface area contributed by atoms with E-state index in [-0.39, 0.29) is 12.2 Å². The average Bonchev–Trinajstić information content (AvgIpc) is 2.72. The molecule has 0 bridgehead atoms. The lowest BCUT2D eigenvalue weighted by Crippen LogP contribution is -2.26. The minimum Gasteiger partial charge on any atom is -0.385 e. The molecule has 1 atom stereocenters. The molecule has 1 nitrogen and oxygen atoms in total. The highest BCUT2D eigenvalue weighted by Gasteiger charge is 2.37. The van der Waals surface area contributed by atoms with Crippen LogP contribution in [0.4, 0.5) is 4.39 Å². The molecule has 0 saturated heterocycles.